The second-order valence-electron chi connectivity index (χ2n) is 4.57. The minimum atomic E-state index is -0.514. The van der Waals surface area contributed by atoms with E-state index in [1.807, 2.05) is 19.2 Å². The number of carbonyl (C=O) groups excluding carboxylic acids is 1. The molecule has 19 heavy (non-hydrogen) atoms. The number of halogens is 2. The lowest BCUT2D eigenvalue weighted by molar-refractivity contribution is 0.0912. The Bertz CT molecular complexity index is 578. The molecule has 0 fully saturated rings. The molecule has 0 atom stereocenters. The maximum atomic E-state index is 12.2. The lowest BCUT2D eigenvalue weighted by Crippen LogP contribution is -2.40. The number of amides is 1. The van der Waals surface area contributed by atoms with Gasteiger partial charge in [-0.05, 0) is 32.0 Å². The number of nitrogens with zero attached hydrogens (tertiary/aromatic N) is 1. The number of thiazole rings is 1. The fraction of sp³-hybridized carbons (Fsp3) is 0.231. The van der Waals surface area contributed by atoms with Crippen molar-refractivity contribution in [3.63, 3.8) is 0 Å². The molecule has 0 saturated heterocycles. The van der Waals surface area contributed by atoms with E-state index in [0.717, 1.165) is 9.48 Å². The Morgan fingerprint density at radius 2 is 2.16 bits per heavy atom. The quantitative estimate of drug-likeness (QED) is 0.891. The van der Waals surface area contributed by atoms with Crippen molar-refractivity contribution in [2.75, 3.05) is 0 Å². The summed E-state index contributed by atoms with van der Waals surface area (Å²) in [5.74, 6) is -0.177. The van der Waals surface area contributed by atoms with Crippen LogP contribution in [0, 0.1) is 0 Å². The van der Waals surface area contributed by atoms with Crippen LogP contribution in [0.4, 0.5) is 0 Å². The Kier molecular flexibility index (Phi) is 4.28. The smallest absolute Gasteiger partial charge is 0.252 e. The molecule has 1 amide bonds. The standard InChI is InChI=1S/C13H12BrClN2OS/c1-13(2,12-16-3-4-19-12)17-11(18)8-5-9(14)7-10(15)6-8/h3-7H,1-2H3,(H,17,18). The van der Waals surface area contributed by atoms with Gasteiger partial charge in [-0.25, -0.2) is 4.98 Å². The Balaban J connectivity index is 2.21. The average Bonchev–Trinajstić information content (AvgIpc) is 2.80. The van der Waals surface area contributed by atoms with Crippen molar-refractivity contribution < 1.29 is 4.79 Å². The predicted molar refractivity (Wildman–Crippen MR) is 81.8 cm³/mol. The van der Waals surface area contributed by atoms with Gasteiger partial charge < -0.3 is 5.32 Å². The summed E-state index contributed by atoms with van der Waals surface area (Å²) in [6.45, 7) is 3.84. The van der Waals surface area contributed by atoms with Gasteiger partial charge in [0.2, 0.25) is 0 Å². The van der Waals surface area contributed by atoms with E-state index in [0.29, 0.717) is 10.6 Å². The molecule has 0 aliphatic rings. The molecule has 6 heteroatoms. The molecule has 3 nitrogen and oxygen atoms in total. The number of carbonyl (C=O) groups is 1. The Morgan fingerprint density at radius 3 is 2.74 bits per heavy atom. The number of benzene rings is 1. The van der Waals surface area contributed by atoms with Crippen molar-refractivity contribution in [3.05, 3.63) is 49.8 Å². The Hall–Kier alpha value is -0.910. The van der Waals surface area contributed by atoms with Gasteiger partial charge in [-0.3, -0.25) is 4.79 Å². The summed E-state index contributed by atoms with van der Waals surface area (Å²) in [6, 6.07) is 5.11. The number of nitrogens with one attached hydrogen (secondary N) is 1. The van der Waals surface area contributed by atoms with Gasteiger partial charge in [0.15, 0.2) is 0 Å². The van der Waals surface area contributed by atoms with Crippen molar-refractivity contribution in [2.45, 2.75) is 19.4 Å². The van der Waals surface area contributed by atoms with Gasteiger partial charge in [-0.2, -0.15) is 0 Å². The highest BCUT2D eigenvalue weighted by molar-refractivity contribution is 9.10. The topological polar surface area (TPSA) is 42.0 Å². The highest BCUT2D eigenvalue weighted by Gasteiger charge is 2.26. The average molecular weight is 360 g/mol. The molecule has 0 saturated carbocycles. The van der Waals surface area contributed by atoms with Crippen molar-refractivity contribution in [1.29, 1.82) is 0 Å². The third-order valence-corrected chi connectivity index (χ3v) is 4.29. The van der Waals surface area contributed by atoms with Gasteiger partial charge in [0.1, 0.15) is 5.01 Å². The monoisotopic (exact) mass is 358 g/mol. The first-order chi connectivity index (χ1) is 8.88. The van der Waals surface area contributed by atoms with Gasteiger partial charge in [-0.15, -0.1) is 11.3 Å². The molecule has 0 aliphatic carbocycles. The van der Waals surface area contributed by atoms with Crippen molar-refractivity contribution >= 4 is 44.8 Å². The van der Waals surface area contributed by atoms with E-state index in [4.69, 9.17) is 11.6 Å². The number of aromatic nitrogens is 1. The minimum Gasteiger partial charge on any atom is -0.341 e. The maximum absolute atomic E-state index is 12.2. The minimum absolute atomic E-state index is 0.177. The van der Waals surface area contributed by atoms with E-state index in [9.17, 15) is 4.79 Å². The summed E-state index contributed by atoms with van der Waals surface area (Å²) in [6.07, 6.45) is 1.73. The van der Waals surface area contributed by atoms with Crippen LogP contribution in [0.2, 0.25) is 5.02 Å². The third kappa shape index (κ3) is 3.55. The summed E-state index contributed by atoms with van der Waals surface area (Å²) >= 11 is 10.8. The largest absolute Gasteiger partial charge is 0.341 e. The molecule has 0 unspecified atom stereocenters. The summed E-state index contributed by atoms with van der Waals surface area (Å²) in [4.78, 5) is 16.5. The normalized spacial score (nSPS) is 11.4. The van der Waals surface area contributed by atoms with Crippen molar-refractivity contribution in [1.82, 2.24) is 10.3 Å². The van der Waals surface area contributed by atoms with E-state index in [1.54, 1.807) is 24.4 Å². The molecule has 0 spiro atoms. The zero-order chi connectivity index (χ0) is 14.0. The summed E-state index contributed by atoms with van der Waals surface area (Å²) in [5.41, 5.74) is 0.00375. The van der Waals surface area contributed by atoms with Crippen LogP contribution >= 0.6 is 38.9 Å². The molecule has 2 aromatic rings. The Morgan fingerprint density at radius 1 is 1.42 bits per heavy atom. The molecular weight excluding hydrogens is 348 g/mol. The second-order valence-corrected chi connectivity index (χ2v) is 6.82. The molecule has 1 N–H and O–H groups in total. The zero-order valence-electron chi connectivity index (χ0n) is 10.4. The lowest BCUT2D eigenvalue weighted by atomic mass is 10.1. The second kappa shape index (κ2) is 5.61. The molecular formula is C13H12BrClN2OS. The first-order valence-electron chi connectivity index (χ1n) is 5.57. The van der Waals surface area contributed by atoms with Crippen LogP contribution in [0.1, 0.15) is 29.2 Å². The molecule has 1 aromatic heterocycles. The Labute approximate surface area is 129 Å². The molecule has 0 aliphatic heterocycles. The van der Waals surface area contributed by atoms with Crippen LogP contribution in [-0.2, 0) is 5.54 Å². The van der Waals surface area contributed by atoms with Gasteiger partial charge >= 0.3 is 0 Å². The molecule has 100 valence electrons. The highest BCUT2D eigenvalue weighted by atomic mass is 79.9. The van der Waals surface area contributed by atoms with Crippen LogP contribution in [0.15, 0.2) is 34.2 Å². The lowest BCUT2D eigenvalue weighted by Gasteiger charge is -2.23. The maximum Gasteiger partial charge on any atom is 0.252 e. The number of hydrogen-bond acceptors (Lipinski definition) is 3. The molecule has 2 rings (SSSR count). The van der Waals surface area contributed by atoms with Crippen molar-refractivity contribution in [3.8, 4) is 0 Å². The van der Waals surface area contributed by atoms with Gasteiger partial charge in [0, 0.05) is 26.6 Å². The summed E-state index contributed by atoms with van der Waals surface area (Å²) in [5, 5.41) is 6.23. The van der Waals surface area contributed by atoms with E-state index < -0.39 is 5.54 Å². The van der Waals surface area contributed by atoms with E-state index in [1.165, 1.54) is 11.3 Å². The van der Waals surface area contributed by atoms with Crippen LogP contribution in [0.25, 0.3) is 0 Å². The third-order valence-electron chi connectivity index (χ3n) is 2.52. The fourth-order valence-corrected chi connectivity index (χ4v) is 3.20. The summed E-state index contributed by atoms with van der Waals surface area (Å²) < 4.78 is 0.775. The van der Waals surface area contributed by atoms with Gasteiger partial charge in [-0.1, -0.05) is 27.5 Å². The van der Waals surface area contributed by atoms with Crippen LogP contribution in [0.3, 0.4) is 0 Å². The SMILES string of the molecule is CC(C)(NC(=O)c1cc(Cl)cc(Br)c1)c1nccs1. The highest BCUT2D eigenvalue weighted by Crippen LogP contribution is 2.24. The van der Waals surface area contributed by atoms with E-state index >= 15 is 0 Å². The van der Waals surface area contributed by atoms with Crippen molar-refractivity contribution in [2.24, 2.45) is 0 Å². The van der Waals surface area contributed by atoms with E-state index in [2.05, 4.69) is 26.2 Å². The first-order valence-corrected chi connectivity index (χ1v) is 7.62. The van der Waals surface area contributed by atoms with Crippen LogP contribution in [-0.4, -0.2) is 10.9 Å². The number of rotatable bonds is 3. The van der Waals surface area contributed by atoms with E-state index in [-0.39, 0.29) is 5.91 Å². The molecule has 0 radical (unpaired) electrons. The van der Waals surface area contributed by atoms with Gasteiger partial charge in [0.25, 0.3) is 5.91 Å². The van der Waals surface area contributed by atoms with Gasteiger partial charge in [0.05, 0.1) is 5.54 Å². The zero-order valence-corrected chi connectivity index (χ0v) is 13.6. The van der Waals surface area contributed by atoms with Crippen LogP contribution < -0.4 is 5.32 Å². The molecule has 0 bridgehead atoms. The molecule has 1 aromatic carbocycles. The first kappa shape index (κ1) is 14.5. The fourth-order valence-electron chi connectivity index (χ4n) is 1.63. The van der Waals surface area contributed by atoms with Crippen LogP contribution in [0.5, 0.6) is 0 Å². The summed E-state index contributed by atoms with van der Waals surface area (Å²) in [7, 11) is 0. The molecule has 1 heterocycles. The predicted octanol–water partition coefficient (Wildman–Crippen LogP) is 4.22. The number of hydrogen-bond donors (Lipinski definition) is 1.